The quantitative estimate of drug-likeness (QED) is 0.875. The van der Waals surface area contributed by atoms with Crippen molar-refractivity contribution in [2.45, 2.75) is 25.8 Å². The standard InChI is InChI=1S/C16H18FN/c1-3-12-7-6-8-13(11-12)16(2,18)14-9-4-5-10-15(14)17/h4-11H,3,18H2,1-2H3. The molecule has 94 valence electrons. The molecule has 1 nitrogen and oxygen atoms in total. The summed E-state index contributed by atoms with van der Waals surface area (Å²) in [6, 6.07) is 14.7. The first-order valence-electron chi connectivity index (χ1n) is 6.19. The van der Waals surface area contributed by atoms with Crippen LogP contribution in [0.15, 0.2) is 48.5 Å². The third kappa shape index (κ3) is 2.29. The van der Waals surface area contributed by atoms with Crippen molar-refractivity contribution in [3.05, 3.63) is 71.0 Å². The normalized spacial score (nSPS) is 14.2. The van der Waals surface area contributed by atoms with Crippen LogP contribution in [-0.2, 0) is 12.0 Å². The minimum absolute atomic E-state index is 0.260. The lowest BCUT2D eigenvalue weighted by Gasteiger charge is -2.26. The number of hydrogen-bond acceptors (Lipinski definition) is 1. The molecule has 0 amide bonds. The van der Waals surface area contributed by atoms with Crippen LogP contribution in [0, 0.1) is 5.82 Å². The molecule has 2 N–H and O–H groups in total. The van der Waals surface area contributed by atoms with Gasteiger partial charge in [0.15, 0.2) is 0 Å². The Morgan fingerprint density at radius 2 is 1.83 bits per heavy atom. The van der Waals surface area contributed by atoms with Crippen molar-refractivity contribution in [3.63, 3.8) is 0 Å². The van der Waals surface area contributed by atoms with Crippen molar-refractivity contribution in [1.29, 1.82) is 0 Å². The Morgan fingerprint density at radius 3 is 2.50 bits per heavy atom. The molecule has 0 fully saturated rings. The second kappa shape index (κ2) is 4.91. The molecule has 1 unspecified atom stereocenters. The fourth-order valence-corrected chi connectivity index (χ4v) is 2.15. The van der Waals surface area contributed by atoms with E-state index in [1.54, 1.807) is 12.1 Å². The predicted octanol–water partition coefficient (Wildman–Crippen LogP) is 3.61. The molecule has 2 aromatic carbocycles. The minimum atomic E-state index is -0.809. The summed E-state index contributed by atoms with van der Waals surface area (Å²) in [6.45, 7) is 3.94. The zero-order chi connectivity index (χ0) is 13.2. The molecular weight excluding hydrogens is 225 g/mol. The van der Waals surface area contributed by atoms with Crippen LogP contribution in [0.4, 0.5) is 4.39 Å². The van der Waals surface area contributed by atoms with E-state index in [9.17, 15) is 4.39 Å². The molecule has 0 bridgehead atoms. The highest BCUT2D eigenvalue weighted by atomic mass is 19.1. The van der Waals surface area contributed by atoms with Crippen LogP contribution in [0.25, 0.3) is 0 Å². The van der Waals surface area contributed by atoms with Crippen LogP contribution >= 0.6 is 0 Å². The van der Waals surface area contributed by atoms with Crippen molar-refractivity contribution in [3.8, 4) is 0 Å². The van der Waals surface area contributed by atoms with E-state index >= 15 is 0 Å². The summed E-state index contributed by atoms with van der Waals surface area (Å²) in [4.78, 5) is 0. The molecule has 0 aliphatic carbocycles. The molecule has 0 heterocycles. The lowest BCUT2D eigenvalue weighted by molar-refractivity contribution is 0.530. The Labute approximate surface area is 107 Å². The number of hydrogen-bond donors (Lipinski definition) is 1. The molecule has 0 radical (unpaired) electrons. The molecule has 0 aromatic heterocycles. The number of halogens is 1. The molecule has 1 atom stereocenters. The van der Waals surface area contributed by atoms with E-state index < -0.39 is 5.54 Å². The molecule has 0 aliphatic rings. The van der Waals surface area contributed by atoms with E-state index in [-0.39, 0.29) is 5.82 Å². The highest BCUT2D eigenvalue weighted by Crippen LogP contribution is 2.28. The van der Waals surface area contributed by atoms with Gasteiger partial charge in [0.2, 0.25) is 0 Å². The maximum absolute atomic E-state index is 13.9. The summed E-state index contributed by atoms with van der Waals surface area (Å²) in [6.07, 6.45) is 0.946. The van der Waals surface area contributed by atoms with Gasteiger partial charge in [0.1, 0.15) is 5.82 Å². The van der Waals surface area contributed by atoms with E-state index in [0.717, 1.165) is 12.0 Å². The number of nitrogens with two attached hydrogens (primary N) is 1. The van der Waals surface area contributed by atoms with Crippen molar-refractivity contribution >= 4 is 0 Å². The topological polar surface area (TPSA) is 26.0 Å². The molecule has 2 rings (SSSR count). The molecule has 0 saturated heterocycles. The number of benzene rings is 2. The van der Waals surface area contributed by atoms with E-state index in [1.165, 1.54) is 11.6 Å². The Bertz CT molecular complexity index is 546. The Balaban J connectivity index is 2.50. The van der Waals surface area contributed by atoms with Crippen LogP contribution in [0.1, 0.15) is 30.5 Å². The SMILES string of the molecule is CCc1cccc(C(C)(N)c2ccccc2F)c1. The van der Waals surface area contributed by atoms with Crippen LogP contribution in [0.3, 0.4) is 0 Å². The summed E-state index contributed by atoms with van der Waals surface area (Å²) in [5, 5.41) is 0. The fraction of sp³-hybridized carbons (Fsp3) is 0.250. The molecular formula is C16H18FN. The van der Waals surface area contributed by atoms with Gasteiger partial charge >= 0.3 is 0 Å². The van der Waals surface area contributed by atoms with E-state index in [4.69, 9.17) is 5.73 Å². The van der Waals surface area contributed by atoms with Gasteiger partial charge in [-0.25, -0.2) is 4.39 Å². The monoisotopic (exact) mass is 243 g/mol. The van der Waals surface area contributed by atoms with Crippen molar-refractivity contribution < 1.29 is 4.39 Å². The third-order valence-electron chi connectivity index (χ3n) is 3.37. The van der Waals surface area contributed by atoms with Gasteiger partial charge in [0.05, 0.1) is 5.54 Å². The zero-order valence-corrected chi connectivity index (χ0v) is 10.8. The zero-order valence-electron chi connectivity index (χ0n) is 10.8. The predicted molar refractivity (Wildman–Crippen MR) is 72.9 cm³/mol. The van der Waals surface area contributed by atoms with Gasteiger partial charge in [-0.3, -0.25) is 0 Å². The van der Waals surface area contributed by atoms with E-state index in [2.05, 4.69) is 13.0 Å². The maximum atomic E-state index is 13.9. The van der Waals surface area contributed by atoms with Gasteiger partial charge in [0.25, 0.3) is 0 Å². The van der Waals surface area contributed by atoms with Crippen molar-refractivity contribution in [2.24, 2.45) is 5.73 Å². The number of rotatable bonds is 3. The summed E-state index contributed by atoms with van der Waals surface area (Å²) >= 11 is 0. The number of aryl methyl sites for hydroxylation is 1. The highest BCUT2D eigenvalue weighted by Gasteiger charge is 2.26. The van der Waals surface area contributed by atoms with Gasteiger partial charge in [-0.1, -0.05) is 49.4 Å². The molecule has 0 spiro atoms. The van der Waals surface area contributed by atoms with Crippen molar-refractivity contribution in [2.75, 3.05) is 0 Å². The molecule has 0 aliphatic heterocycles. The highest BCUT2D eigenvalue weighted by molar-refractivity contribution is 5.39. The van der Waals surface area contributed by atoms with Gasteiger partial charge in [-0.05, 0) is 30.5 Å². The third-order valence-corrected chi connectivity index (χ3v) is 3.37. The maximum Gasteiger partial charge on any atom is 0.128 e. The smallest absolute Gasteiger partial charge is 0.128 e. The Kier molecular flexibility index (Phi) is 3.48. The Hall–Kier alpha value is -1.67. The van der Waals surface area contributed by atoms with Gasteiger partial charge in [-0.2, -0.15) is 0 Å². The lowest BCUT2D eigenvalue weighted by atomic mass is 9.84. The van der Waals surface area contributed by atoms with Gasteiger partial charge in [0, 0.05) is 5.56 Å². The summed E-state index contributed by atoms with van der Waals surface area (Å²) < 4.78 is 13.9. The van der Waals surface area contributed by atoms with Crippen LogP contribution in [0.2, 0.25) is 0 Å². The second-order valence-electron chi connectivity index (χ2n) is 4.74. The molecule has 18 heavy (non-hydrogen) atoms. The van der Waals surface area contributed by atoms with Crippen LogP contribution in [-0.4, -0.2) is 0 Å². The summed E-state index contributed by atoms with van der Waals surface area (Å²) in [7, 11) is 0. The van der Waals surface area contributed by atoms with Crippen LogP contribution in [0.5, 0.6) is 0 Å². The lowest BCUT2D eigenvalue weighted by Crippen LogP contribution is -2.35. The molecule has 2 aromatic rings. The van der Waals surface area contributed by atoms with Crippen molar-refractivity contribution in [1.82, 2.24) is 0 Å². The fourth-order valence-electron chi connectivity index (χ4n) is 2.15. The van der Waals surface area contributed by atoms with E-state index in [1.807, 2.05) is 31.2 Å². The van der Waals surface area contributed by atoms with Gasteiger partial charge in [-0.15, -0.1) is 0 Å². The van der Waals surface area contributed by atoms with E-state index in [0.29, 0.717) is 5.56 Å². The first-order valence-corrected chi connectivity index (χ1v) is 6.19. The summed E-state index contributed by atoms with van der Waals surface area (Å²) in [5.41, 5.74) is 8.21. The first kappa shape index (κ1) is 12.8. The summed E-state index contributed by atoms with van der Waals surface area (Å²) in [5.74, 6) is -0.260. The first-order chi connectivity index (χ1) is 8.55. The Morgan fingerprint density at radius 1 is 1.11 bits per heavy atom. The molecule has 2 heteroatoms. The average Bonchev–Trinajstić information content (AvgIpc) is 2.39. The average molecular weight is 243 g/mol. The minimum Gasteiger partial charge on any atom is -0.318 e. The van der Waals surface area contributed by atoms with Crippen LogP contribution < -0.4 is 5.73 Å². The second-order valence-corrected chi connectivity index (χ2v) is 4.74. The largest absolute Gasteiger partial charge is 0.318 e. The van der Waals surface area contributed by atoms with Gasteiger partial charge < -0.3 is 5.73 Å². The molecule has 0 saturated carbocycles.